The first-order valence-corrected chi connectivity index (χ1v) is 4.64. The van der Waals surface area contributed by atoms with Gasteiger partial charge in [0, 0.05) is 6.42 Å². The maximum Gasteiger partial charge on any atom is 0.123 e. The minimum absolute atomic E-state index is 0.277. The van der Waals surface area contributed by atoms with E-state index in [4.69, 9.17) is 4.74 Å². The van der Waals surface area contributed by atoms with Crippen molar-refractivity contribution in [1.29, 1.82) is 0 Å². The lowest BCUT2D eigenvalue weighted by Crippen LogP contribution is -2.05. The normalized spacial score (nSPS) is 22.2. The third-order valence-corrected chi connectivity index (χ3v) is 2.40. The molecule has 13 heavy (non-hydrogen) atoms. The van der Waals surface area contributed by atoms with E-state index in [1.54, 1.807) is 6.92 Å². The molecule has 2 atom stereocenters. The molecule has 0 bridgehead atoms. The zero-order valence-electron chi connectivity index (χ0n) is 7.95. The highest BCUT2D eigenvalue weighted by Crippen LogP contribution is 2.30. The van der Waals surface area contributed by atoms with Crippen molar-refractivity contribution in [2.24, 2.45) is 0 Å². The Bertz CT molecular complexity index is 318. The molecule has 0 radical (unpaired) electrons. The minimum atomic E-state index is -0.388. The molecule has 1 heterocycles. The van der Waals surface area contributed by atoms with Gasteiger partial charge in [0.05, 0.1) is 6.10 Å². The van der Waals surface area contributed by atoms with E-state index in [2.05, 4.69) is 6.92 Å². The van der Waals surface area contributed by atoms with Crippen molar-refractivity contribution < 1.29 is 9.84 Å². The van der Waals surface area contributed by atoms with E-state index in [1.165, 1.54) is 5.56 Å². The largest absolute Gasteiger partial charge is 0.490 e. The molecule has 70 valence electrons. The molecule has 0 amide bonds. The summed E-state index contributed by atoms with van der Waals surface area (Å²) < 4.78 is 5.56. The molecule has 1 aliphatic heterocycles. The highest BCUT2D eigenvalue weighted by Gasteiger charge is 2.19. The van der Waals surface area contributed by atoms with Crippen LogP contribution in [0, 0.1) is 0 Å². The first kappa shape index (κ1) is 8.57. The monoisotopic (exact) mass is 178 g/mol. The van der Waals surface area contributed by atoms with Crippen molar-refractivity contribution >= 4 is 0 Å². The molecule has 1 aliphatic rings. The Morgan fingerprint density at radius 1 is 1.54 bits per heavy atom. The van der Waals surface area contributed by atoms with Gasteiger partial charge in [-0.1, -0.05) is 6.07 Å². The average Bonchev–Trinajstić information content (AvgIpc) is 2.42. The molecule has 2 unspecified atom stereocenters. The van der Waals surface area contributed by atoms with E-state index in [0.29, 0.717) is 0 Å². The van der Waals surface area contributed by atoms with Gasteiger partial charge in [-0.15, -0.1) is 0 Å². The summed E-state index contributed by atoms with van der Waals surface area (Å²) in [6.07, 6.45) is 0.844. The summed E-state index contributed by atoms with van der Waals surface area (Å²) >= 11 is 0. The van der Waals surface area contributed by atoms with Gasteiger partial charge in [0.25, 0.3) is 0 Å². The van der Waals surface area contributed by atoms with Crippen molar-refractivity contribution in [3.05, 3.63) is 29.3 Å². The predicted octanol–water partition coefficient (Wildman–Crippen LogP) is 2.06. The number of hydrogen-bond donors (Lipinski definition) is 1. The van der Waals surface area contributed by atoms with Gasteiger partial charge < -0.3 is 9.84 Å². The van der Waals surface area contributed by atoms with Crippen LogP contribution in [0.2, 0.25) is 0 Å². The van der Waals surface area contributed by atoms with Crippen molar-refractivity contribution in [1.82, 2.24) is 0 Å². The van der Waals surface area contributed by atoms with Gasteiger partial charge in [-0.25, -0.2) is 0 Å². The van der Waals surface area contributed by atoms with Crippen molar-refractivity contribution in [2.75, 3.05) is 0 Å². The molecule has 2 nitrogen and oxygen atoms in total. The van der Waals surface area contributed by atoms with Crippen LogP contribution in [0.4, 0.5) is 0 Å². The first-order valence-electron chi connectivity index (χ1n) is 4.64. The molecule has 1 aromatic carbocycles. The number of benzene rings is 1. The van der Waals surface area contributed by atoms with Gasteiger partial charge in [-0.2, -0.15) is 0 Å². The zero-order valence-corrected chi connectivity index (χ0v) is 7.95. The van der Waals surface area contributed by atoms with Gasteiger partial charge >= 0.3 is 0 Å². The van der Waals surface area contributed by atoms with E-state index in [-0.39, 0.29) is 12.2 Å². The standard InChI is InChI=1S/C11H14O2/c1-7-5-10-6-9(8(2)12)3-4-11(10)13-7/h3-4,6-8,12H,5H2,1-2H3. The van der Waals surface area contributed by atoms with E-state index in [9.17, 15) is 5.11 Å². The number of rotatable bonds is 1. The fourth-order valence-corrected chi connectivity index (χ4v) is 1.70. The molecule has 2 rings (SSSR count). The van der Waals surface area contributed by atoms with Crippen molar-refractivity contribution in [3.63, 3.8) is 0 Å². The molecule has 1 N–H and O–H groups in total. The predicted molar refractivity (Wildman–Crippen MR) is 50.9 cm³/mol. The van der Waals surface area contributed by atoms with Crippen LogP contribution in [0.3, 0.4) is 0 Å². The minimum Gasteiger partial charge on any atom is -0.490 e. The zero-order chi connectivity index (χ0) is 9.42. The number of ether oxygens (including phenoxy) is 1. The number of hydrogen-bond acceptors (Lipinski definition) is 2. The Morgan fingerprint density at radius 3 is 3.00 bits per heavy atom. The van der Waals surface area contributed by atoms with Gasteiger partial charge in [0.15, 0.2) is 0 Å². The molecular formula is C11H14O2. The second-order valence-corrected chi connectivity index (χ2v) is 3.68. The number of fused-ring (bicyclic) bond motifs is 1. The van der Waals surface area contributed by atoms with Crippen molar-refractivity contribution in [2.45, 2.75) is 32.5 Å². The van der Waals surface area contributed by atoms with E-state index < -0.39 is 0 Å². The van der Waals surface area contributed by atoms with Crippen LogP contribution >= 0.6 is 0 Å². The quantitative estimate of drug-likeness (QED) is 0.713. The number of aliphatic hydroxyl groups is 1. The maximum atomic E-state index is 9.38. The molecule has 2 heteroatoms. The molecule has 0 fully saturated rings. The molecule has 0 aromatic heterocycles. The van der Waals surface area contributed by atoms with Gasteiger partial charge in [0.1, 0.15) is 11.9 Å². The Kier molecular flexibility index (Phi) is 2.00. The summed E-state index contributed by atoms with van der Waals surface area (Å²) in [5.41, 5.74) is 2.18. The van der Waals surface area contributed by atoms with Gasteiger partial charge in [-0.05, 0) is 37.1 Å². The third-order valence-electron chi connectivity index (χ3n) is 2.40. The second kappa shape index (κ2) is 3.04. The van der Waals surface area contributed by atoms with Crippen LogP contribution in [0.15, 0.2) is 18.2 Å². The maximum absolute atomic E-state index is 9.38. The number of aliphatic hydroxyl groups excluding tert-OH is 1. The second-order valence-electron chi connectivity index (χ2n) is 3.68. The van der Waals surface area contributed by atoms with E-state index in [1.807, 2.05) is 18.2 Å². The molecular weight excluding hydrogens is 164 g/mol. The van der Waals surface area contributed by atoms with E-state index >= 15 is 0 Å². The Hall–Kier alpha value is -1.02. The SMILES string of the molecule is CC1Cc2cc(C(C)O)ccc2O1. The Balaban J connectivity index is 2.35. The fourth-order valence-electron chi connectivity index (χ4n) is 1.70. The van der Waals surface area contributed by atoms with Crippen LogP contribution in [-0.4, -0.2) is 11.2 Å². The average molecular weight is 178 g/mol. The fraction of sp³-hybridized carbons (Fsp3) is 0.455. The summed E-state index contributed by atoms with van der Waals surface area (Å²) in [6, 6.07) is 5.89. The third kappa shape index (κ3) is 1.54. The first-order chi connectivity index (χ1) is 6.16. The van der Waals surface area contributed by atoms with Crippen LogP contribution in [0.5, 0.6) is 5.75 Å². The van der Waals surface area contributed by atoms with Gasteiger partial charge in [0.2, 0.25) is 0 Å². The Labute approximate surface area is 78.2 Å². The summed E-state index contributed by atoms with van der Waals surface area (Å²) in [5, 5.41) is 9.38. The highest BCUT2D eigenvalue weighted by molar-refractivity contribution is 5.41. The lowest BCUT2D eigenvalue weighted by atomic mass is 10.0. The molecule has 0 saturated heterocycles. The summed E-state index contributed by atoms with van der Waals surface area (Å²) in [4.78, 5) is 0. The summed E-state index contributed by atoms with van der Waals surface area (Å²) in [6.45, 7) is 3.84. The van der Waals surface area contributed by atoms with Crippen molar-refractivity contribution in [3.8, 4) is 5.75 Å². The van der Waals surface area contributed by atoms with Crippen LogP contribution in [-0.2, 0) is 6.42 Å². The van der Waals surface area contributed by atoms with E-state index in [0.717, 1.165) is 17.7 Å². The van der Waals surface area contributed by atoms with Crippen LogP contribution in [0.25, 0.3) is 0 Å². The summed E-state index contributed by atoms with van der Waals surface area (Å²) in [7, 11) is 0. The molecule has 0 aliphatic carbocycles. The Morgan fingerprint density at radius 2 is 2.31 bits per heavy atom. The van der Waals surface area contributed by atoms with Crippen LogP contribution in [0.1, 0.15) is 31.1 Å². The molecule has 0 saturated carbocycles. The highest BCUT2D eigenvalue weighted by atomic mass is 16.5. The smallest absolute Gasteiger partial charge is 0.123 e. The van der Waals surface area contributed by atoms with Crippen LogP contribution < -0.4 is 4.74 Å². The molecule has 0 spiro atoms. The molecule has 1 aromatic rings. The van der Waals surface area contributed by atoms with Gasteiger partial charge in [-0.3, -0.25) is 0 Å². The summed E-state index contributed by atoms with van der Waals surface area (Å²) in [5.74, 6) is 0.969. The topological polar surface area (TPSA) is 29.5 Å². The lowest BCUT2D eigenvalue weighted by molar-refractivity contribution is 0.199. The lowest BCUT2D eigenvalue weighted by Gasteiger charge is -2.06.